The van der Waals surface area contributed by atoms with Gasteiger partial charge in [0.25, 0.3) is 5.91 Å². The molecule has 0 unspecified atom stereocenters. The molecule has 4 heteroatoms. The number of carbonyl (C=O) groups is 1. The van der Waals surface area contributed by atoms with Crippen LogP contribution in [0, 0.1) is 5.41 Å². The molecule has 0 bridgehead atoms. The van der Waals surface area contributed by atoms with Gasteiger partial charge in [0.1, 0.15) is 0 Å². The van der Waals surface area contributed by atoms with E-state index in [-0.39, 0.29) is 5.91 Å². The van der Waals surface area contributed by atoms with Crippen LogP contribution in [0.15, 0.2) is 42.5 Å². The van der Waals surface area contributed by atoms with Gasteiger partial charge >= 0.3 is 0 Å². The van der Waals surface area contributed by atoms with Crippen LogP contribution in [0.2, 0.25) is 0 Å². The molecule has 2 aliphatic heterocycles. The first kappa shape index (κ1) is 15.7. The molecular formula is C22H25N3O. The van der Waals surface area contributed by atoms with Crippen molar-refractivity contribution in [2.24, 2.45) is 5.41 Å². The second-order valence-corrected chi connectivity index (χ2v) is 8.27. The fraction of sp³-hybridized carbons (Fsp3) is 0.409. The summed E-state index contributed by atoms with van der Waals surface area (Å²) in [4.78, 5) is 16.3. The summed E-state index contributed by atoms with van der Waals surface area (Å²) in [6.45, 7) is 3.15. The zero-order valence-corrected chi connectivity index (χ0v) is 15.3. The van der Waals surface area contributed by atoms with E-state index in [9.17, 15) is 4.79 Å². The molecule has 1 amide bonds. The fourth-order valence-electron chi connectivity index (χ4n) is 4.85. The van der Waals surface area contributed by atoms with Crippen LogP contribution in [-0.4, -0.2) is 30.9 Å². The molecule has 134 valence electrons. The van der Waals surface area contributed by atoms with Gasteiger partial charge in [-0.3, -0.25) is 4.79 Å². The highest BCUT2D eigenvalue weighted by molar-refractivity contribution is 5.98. The zero-order valence-electron chi connectivity index (χ0n) is 15.3. The quantitative estimate of drug-likeness (QED) is 0.894. The summed E-state index contributed by atoms with van der Waals surface area (Å²) >= 11 is 0. The summed E-state index contributed by atoms with van der Waals surface area (Å²) in [5.41, 5.74) is 6.00. The number of benzene rings is 2. The number of nitrogens with one attached hydrogen (secondary N) is 1. The van der Waals surface area contributed by atoms with Crippen LogP contribution < -0.4 is 10.2 Å². The molecule has 2 aromatic rings. The Morgan fingerprint density at radius 3 is 2.38 bits per heavy atom. The van der Waals surface area contributed by atoms with Crippen molar-refractivity contribution < 1.29 is 4.79 Å². The van der Waals surface area contributed by atoms with Crippen LogP contribution in [0.5, 0.6) is 0 Å². The molecule has 2 fully saturated rings. The van der Waals surface area contributed by atoms with Crippen molar-refractivity contribution >= 4 is 23.0 Å². The Labute approximate surface area is 154 Å². The highest BCUT2D eigenvalue weighted by Crippen LogP contribution is 2.47. The van der Waals surface area contributed by atoms with E-state index in [1.165, 1.54) is 44.5 Å². The van der Waals surface area contributed by atoms with Gasteiger partial charge in [-0.2, -0.15) is 0 Å². The monoisotopic (exact) mass is 347 g/mol. The average Bonchev–Trinajstić information content (AvgIpc) is 3.20. The van der Waals surface area contributed by atoms with Gasteiger partial charge in [0.15, 0.2) is 0 Å². The van der Waals surface area contributed by atoms with E-state index in [0.29, 0.717) is 12.0 Å². The van der Waals surface area contributed by atoms with Crippen LogP contribution in [-0.2, 0) is 6.54 Å². The van der Waals surface area contributed by atoms with E-state index in [0.717, 1.165) is 22.5 Å². The van der Waals surface area contributed by atoms with Gasteiger partial charge in [-0.1, -0.05) is 12.8 Å². The summed E-state index contributed by atoms with van der Waals surface area (Å²) in [6.07, 6.45) is 5.66. The molecule has 1 saturated heterocycles. The van der Waals surface area contributed by atoms with Crippen molar-refractivity contribution in [2.75, 3.05) is 30.4 Å². The van der Waals surface area contributed by atoms with E-state index in [4.69, 9.17) is 0 Å². The van der Waals surface area contributed by atoms with Crippen LogP contribution in [0.1, 0.15) is 41.6 Å². The average molecular weight is 347 g/mol. The number of carbonyl (C=O) groups excluding carboxylic acids is 1. The Morgan fingerprint density at radius 1 is 0.962 bits per heavy atom. The molecule has 5 rings (SSSR count). The maximum absolute atomic E-state index is 12.0. The Hall–Kier alpha value is -2.49. The van der Waals surface area contributed by atoms with Crippen LogP contribution >= 0.6 is 0 Å². The minimum atomic E-state index is 0.116. The van der Waals surface area contributed by atoms with Crippen molar-refractivity contribution in [3.63, 3.8) is 0 Å². The van der Waals surface area contributed by atoms with Gasteiger partial charge in [0, 0.05) is 54.7 Å². The van der Waals surface area contributed by atoms with Crippen molar-refractivity contribution in [3.05, 3.63) is 53.6 Å². The Morgan fingerprint density at radius 2 is 1.65 bits per heavy atom. The molecule has 4 nitrogen and oxygen atoms in total. The number of amides is 1. The first-order valence-electron chi connectivity index (χ1n) is 9.62. The topological polar surface area (TPSA) is 35.6 Å². The molecule has 1 aliphatic carbocycles. The van der Waals surface area contributed by atoms with Gasteiger partial charge in [-0.05, 0) is 60.9 Å². The fourth-order valence-corrected chi connectivity index (χ4v) is 4.85. The first-order chi connectivity index (χ1) is 12.6. The summed E-state index contributed by atoms with van der Waals surface area (Å²) < 4.78 is 0. The molecule has 0 aromatic heterocycles. The molecule has 26 heavy (non-hydrogen) atoms. The molecule has 1 saturated carbocycles. The second-order valence-electron chi connectivity index (χ2n) is 8.27. The Bertz CT molecular complexity index is 844. The normalized spacial score (nSPS) is 20.4. The summed E-state index contributed by atoms with van der Waals surface area (Å²) in [7, 11) is 1.85. The lowest BCUT2D eigenvalue weighted by molar-refractivity contribution is 0.0816. The maximum atomic E-state index is 12.0. The zero-order chi connectivity index (χ0) is 17.7. The lowest BCUT2D eigenvalue weighted by Gasteiger charge is -2.49. The smallest absolute Gasteiger partial charge is 0.254 e. The lowest BCUT2D eigenvalue weighted by Crippen LogP contribution is -2.55. The highest BCUT2D eigenvalue weighted by atomic mass is 16.2. The van der Waals surface area contributed by atoms with E-state index in [1.54, 1.807) is 4.90 Å². The lowest BCUT2D eigenvalue weighted by atomic mass is 9.78. The van der Waals surface area contributed by atoms with Gasteiger partial charge < -0.3 is 15.1 Å². The van der Waals surface area contributed by atoms with Crippen molar-refractivity contribution in [1.82, 2.24) is 4.90 Å². The standard InChI is InChI=1S/C22H25N3O/c1-24-13-16-12-18(6-9-20(16)21(24)26)23-17-4-7-19(8-5-17)25-14-22(15-25)10-2-3-11-22/h4-9,12,23H,2-3,10-11,13-15H2,1H3. The number of nitrogens with zero attached hydrogens (tertiary/aromatic N) is 2. The second kappa shape index (κ2) is 5.76. The summed E-state index contributed by atoms with van der Waals surface area (Å²) in [5.74, 6) is 0.116. The third-order valence-electron chi connectivity index (χ3n) is 6.33. The Kier molecular flexibility index (Phi) is 3.49. The van der Waals surface area contributed by atoms with E-state index in [2.05, 4.69) is 40.5 Å². The summed E-state index contributed by atoms with van der Waals surface area (Å²) in [5, 5.41) is 3.47. The van der Waals surface area contributed by atoms with Crippen LogP contribution in [0.25, 0.3) is 0 Å². The van der Waals surface area contributed by atoms with E-state index in [1.807, 2.05) is 19.2 Å². The largest absolute Gasteiger partial charge is 0.370 e. The number of anilines is 3. The van der Waals surface area contributed by atoms with Gasteiger partial charge in [-0.25, -0.2) is 0 Å². The molecule has 2 heterocycles. The first-order valence-corrected chi connectivity index (χ1v) is 9.62. The van der Waals surface area contributed by atoms with Crippen molar-refractivity contribution in [1.29, 1.82) is 0 Å². The molecular weight excluding hydrogens is 322 g/mol. The molecule has 1 N–H and O–H groups in total. The number of fused-ring (bicyclic) bond motifs is 1. The Balaban J connectivity index is 1.26. The minimum Gasteiger partial charge on any atom is -0.370 e. The maximum Gasteiger partial charge on any atom is 0.254 e. The van der Waals surface area contributed by atoms with Gasteiger partial charge in [-0.15, -0.1) is 0 Å². The van der Waals surface area contributed by atoms with E-state index >= 15 is 0 Å². The molecule has 1 spiro atoms. The third kappa shape index (κ3) is 2.56. The molecule has 2 aromatic carbocycles. The molecule has 3 aliphatic rings. The van der Waals surface area contributed by atoms with E-state index < -0.39 is 0 Å². The summed E-state index contributed by atoms with van der Waals surface area (Å²) in [6, 6.07) is 14.7. The third-order valence-corrected chi connectivity index (χ3v) is 6.33. The van der Waals surface area contributed by atoms with Crippen LogP contribution in [0.4, 0.5) is 17.1 Å². The number of hydrogen-bond acceptors (Lipinski definition) is 3. The minimum absolute atomic E-state index is 0.116. The van der Waals surface area contributed by atoms with Crippen molar-refractivity contribution in [2.45, 2.75) is 32.2 Å². The highest BCUT2D eigenvalue weighted by Gasteiger charge is 2.44. The van der Waals surface area contributed by atoms with Gasteiger partial charge in [0.2, 0.25) is 0 Å². The predicted molar refractivity (Wildman–Crippen MR) is 105 cm³/mol. The van der Waals surface area contributed by atoms with Crippen molar-refractivity contribution in [3.8, 4) is 0 Å². The number of rotatable bonds is 3. The van der Waals surface area contributed by atoms with Crippen LogP contribution in [0.3, 0.4) is 0 Å². The van der Waals surface area contributed by atoms with Gasteiger partial charge in [0.05, 0.1) is 0 Å². The number of hydrogen-bond donors (Lipinski definition) is 1. The SMILES string of the molecule is CN1Cc2cc(Nc3ccc(N4CC5(CCCC5)C4)cc3)ccc2C1=O. The molecule has 0 radical (unpaired) electrons. The predicted octanol–water partition coefficient (Wildman–Crippen LogP) is 4.40. The molecule has 0 atom stereocenters.